The Balaban J connectivity index is -0.000000310. The van der Waals surface area contributed by atoms with Gasteiger partial charge in [0.15, 0.2) is 0 Å². The van der Waals surface area contributed by atoms with E-state index in [1.54, 1.807) is 0 Å². The first-order valence-electron chi connectivity index (χ1n) is 7.95. The summed E-state index contributed by atoms with van der Waals surface area (Å²) in [5, 5.41) is 7.00. The van der Waals surface area contributed by atoms with Crippen LogP contribution in [0, 0.1) is 66.6 Å². The van der Waals surface area contributed by atoms with Gasteiger partial charge in [0.25, 0.3) is 0 Å². The molecule has 0 aromatic rings. The van der Waals surface area contributed by atoms with E-state index >= 15 is 0 Å². The van der Waals surface area contributed by atoms with E-state index in [1.165, 1.54) is 59.2 Å². The van der Waals surface area contributed by atoms with Gasteiger partial charge in [0.05, 0.1) is 0 Å². The van der Waals surface area contributed by atoms with Gasteiger partial charge in [-0.05, 0) is 59.2 Å². The molecule has 0 aromatic carbocycles. The quantitative estimate of drug-likeness (QED) is 0.412. The molecule has 0 saturated heterocycles. The summed E-state index contributed by atoms with van der Waals surface area (Å²) in [5.74, 6) is 14.7. The monoisotopic (exact) mass is 365 g/mol. The van der Waals surface area contributed by atoms with Gasteiger partial charge < -0.3 is 12.5 Å². The molecular formula is C22H37OTi-. The summed E-state index contributed by atoms with van der Waals surface area (Å²) in [7, 11) is 1.00. The van der Waals surface area contributed by atoms with Crippen molar-refractivity contribution in [2.75, 3.05) is 7.11 Å². The van der Waals surface area contributed by atoms with Crippen LogP contribution < -0.4 is 0 Å². The van der Waals surface area contributed by atoms with Crippen molar-refractivity contribution in [2.24, 2.45) is 0 Å². The predicted octanol–water partition coefficient (Wildman–Crippen LogP) is 6.00. The van der Waals surface area contributed by atoms with Crippen LogP contribution in [0.3, 0.4) is 0 Å². The van der Waals surface area contributed by atoms with Crippen LogP contribution >= 0.6 is 0 Å². The van der Waals surface area contributed by atoms with Gasteiger partial charge in [0.2, 0.25) is 0 Å². The summed E-state index contributed by atoms with van der Waals surface area (Å²) >= 11 is 0. The van der Waals surface area contributed by atoms with Crippen molar-refractivity contribution >= 4 is 0 Å². The Morgan fingerprint density at radius 3 is 0.417 bits per heavy atom. The van der Waals surface area contributed by atoms with E-state index in [0.29, 0.717) is 0 Å². The number of rotatable bonds is 0. The molecule has 0 aromatic heterocycles. The van der Waals surface area contributed by atoms with E-state index in [-0.39, 0.29) is 29.1 Å². The van der Waals surface area contributed by atoms with Gasteiger partial charge in [-0.3, -0.25) is 0 Å². The van der Waals surface area contributed by atoms with Gasteiger partial charge in [-0.15, -0.1) is 0 Å². The van der Waals surface area contributed by atoms with Crippen LogP contribution in [-0.4, -0.2) is 12.2 Å². The van der Waals surface area contributed by atoms with E-state index in [2.05, 4.69) is 69.2 Å². The van der Waals surface area contributed by atoms with Crippen molar-refractivity contribution in [1.29, 1.82) is 0 Å². The maximum atomic E-state index is 7.00. The van der Waals surface area contributed by atoms with Gasteiger partial charge in [0, 0.05) is 28.8 Å². The molecule has 0 heterocycles. The standard InChI is InChI=1S/2C10H15.CH4O.CH3.Ti/c2*1-6-7(2)9(4)10(5)8(6)3;1-2;;/h2*1-5H3;2H,1H3;1H3;/q;;;-1;. The summed E-state index contributed by atoms with van der Waals surface area (Å²) < 4.78 is 0. The summed E-state index contributed by atoms with van der Waals surface area (Å²) in [6.45, 7) is 22.0. The van der Waals surface area contributed by atoms with Crippen LogP contribution in [0.2, 0.25) is 0 Å². The van der Waals surface area contributed by atoms with Crippen molar-refractivity contribution in [3.05, 3.63) is 66.6 Å². The Morgan fingerprint density at radius 2 is 0.375 bits per heavy atom. The van der Waals surface area contributed by atoms with Crippen molar-refractivity contribution in [2.45, 2.75) is 69.2 Å². The molecule has 2 rings (SSSR count). The molecule has 0 spiro atoms. The van der Waals surface area contributed by atoms with E-state index in [4.69, 9.17) is 5.11 Å². The molecule has 1 nitrogen and oxygen atoms in total. The average molecular weight is 365 g/mol. The van der Waals surface area contributed by atoms with Gasteiger partial charge in [0.1, 0.15) is 0 Å². The van der Waals surface area contributed by atoms with E-state index < -0.39 is 0 Å². The predicted molar refractivity (Wildman–Crippen MR) is 104 cm³/mol. The molecular weight excluding hydrogens is 328 g/mol. The zero-order chi connectivity index (χ0) is 17.8. The van der Waals surface area contributed by atoms with Gasteiger partial charge in [-0.1, -0.05) is 69.2 Å². The number of hydrogen-bond donors (Lipinski definition) is 1. The van der Waals surface area contributed by atoms with Crippen molar-refractivity contribution in [3.8, 4) is 0 Å². The first-order chi connectivity index (χ1) is 10.1. The van der Waals surface area contributed by atoms with E-state index in [1.807, 2.05) is 0 Å². The van der Waals surface area contributed by atoms with E-state index in [0.717, 1.165) is 7.11 Å². The molecule has 0 bridgehead atoms. The second kappa shape index (κ2) is 12.9. The molecule has 2 heteroatoms. The molecule has 2 aliphatic carbocycles. The summed E-state index contributed by atoms with van der Waals surface area (Å²) in [6.07, 6.45) is 0. The van der Waals surface area contributed by atoms with Crippen LogP contribution in [0.4, 0.5) is 0 Å². The fourth-order valence-corrected chi connectivity index (χ4v) is 2.81. The minimum atomic E-state index is 0. The second-order valence-electron chi connectivity index (χ2n) is 6.25. The topological polar surface area (TPSA) is 20.2 Å². The molecule has 10 radical (unpaired) electrons. The normalized spacial score (nSPS) is 24.0. The number of aliphatic hydroxyl groups excluding tert-OH is 1. The third-order valence-corrected chi connectivity index (χ3v) is 5.62. The molecule has 2 aliphatic rings. The first kappa shape index (κ1) is 29.4. The molecule has 136 valence electrons. The maximum absolute atomic E-state index is 7.00. The smallest absolute Gasteiger partial charge is 0.0319 e. The van der Waals surface area contributed by atoms with E-state index in [9.17, 15) is 0 Å². The molecule has 0 amide bonds. The first-order valence-corrected chi connectivity index (χ1v) is 7.95. The van der Waals surface area contributed by atoms with Crippen molar-refractivity contribution in [3.63, 3.8) is 0 Å². The second-order valence-corrected chi connectivity index (χ2v) is 6.25. The van der Waals surface area contributed by atoms with Crippen LogP contribution in [0.25, 0.3) is 0 Å². The fourth-order valence-electron chi connectivity index (χ4n) is 2.81. The van der Waals surface area contributed by atoms with Gasteiger partial charge in [-0.2, -0.15) is 0 Å². The van der Waals surface area contributed by atoms with Crippen LogP contribution in [0.5, 0.6) is 0 Å². The largest absolute Gasteiger partial charge is 0.400 e. The minimum absolute atomic E-state index is 0. The van der Waals surface area contributed by atoms with Gasteiger partial charge in [-0.25, -0.2) is 0 Å². The third kappa shape index (κ3) is 6.44. The average Bonchev–Trinajstić information content (AvgIpc) is 2.81. The summed E-state index contributed by atoms with van der Waals surface area (Å²) in [4.78, 5) is 0. The molecule has 0 atom stereocenters. The Bertz CT molecular complexity index is 187. The van der Waals surface area contributed by atoms with Gasteiger partial charge >= 0.3 is 0 Å². The fraction of sp³-hybridized carbons (Fsp3) is 0.500. The number of hydrogen-bond acceptors (Lipinski definition) is 1. The molecule has 2 saturated carbocycles. The molecule has 1 N–H and O–H groups in total. The van der Waals surface area contributed by atoms with Crippen LogP contribution in [0.1, 0.15) is 69.2 Å². The summed E-state index contributed by atoms with van der Waals surface area (Å²) in [5.41, 5.74) is 0. The summed E-state index contributed by atoms with van der Waals surface area (Å²) in [6, 6.07) is 0. The zero-order valence-corrected chi connectivity index (χ0v) is 19.5. The Kier molecular flexibility index (Phi) is 15.9. The molecule has 0 unspecified atom stereocenters. The Hall–Kier alpha value is 0.674. The van der Waals surface area contributed by atoms with Crippen molar-refractivity contribution < 1.29 is 26.8 Å². The van der Waals surface area contributed by atoms with Crippen LogP contribution in [0.15, 0.2) is 0 Å². The molecule has 0 aliphatic heterocycles. The minimum Gasteiger partial charge on any atom is -0.400 e. The van der Waals surface area contributed by atoms with Crippen molar-refractivity contribution in [1.82, 2.24) is 0 Å². The number of aliphatic hydroxyl groups is 1. The van der Waals surface area contributed by atoms with Crippen LogP contribution in [-0.2, 0) is 21.7 Å². The zero-order valence-electron chi connectivity index (χ0n) is 17.9. The molecule has 24 heavy (non-hydrogen) atoms. The molecule has 2 fully saturated rings. The maximum Gasteiger partial charge on any atom is 0.0319 e. The Morgan fingerprint density at radius 1 is 0.333 bits per heavy atom. The SMILES string of the molecule is CO.C[C]1[C](C)[C](C)[C](C)[C]1C.C[C]1[C](C)[C](C)[C](C)[C]1C.[CH3-].[Ti]. The third-order valence-electron chi connectivity index (χ3n) is 5.62. The Labute approximate surface area is 169 Å².